The van der Waals surface area contributed by atoms with Crippen LogP contribution >= 0.6 is 0 Å². The maximum atomic E-state index is 10.4. The van der Waals surface area contributed by atoms with Gasteiger partial charge in [0.25, 0.3) is 0 Å². The van der Waals surface area contributed by atoms with Crippen molar-refractivity contribution in [3.63, 3.8) is 0 Å². The van der Waals surface area contributed by atoms with Crippen LogP contribution in [0.3, 0.4) is 0 Å². The molecule has 0 bridgehead atoms. The molecule has 64 valence electrons. The van der Waals surface area contributed by atoms with Gasteiger partial charge in [0.2, 0.25) is 5.91 Å². The summed E-state index contributed by atoms with van der Waals surface area (Å²) in [7, 11) is 0. The second-order valence-corrected chi connectivity index (χ2v) is 2.82. The van der Waals surface area contributed by atoms with Crippen molar-refractivity contribution < 1.29 is 9.53 Å². The first-order chi connectivity index (χ1) is 5.20. The molecule has 4 heteroatoms. The first-order valence-electron chi connectivity index (χ1n) is 3.83. The van der Waals surface area contributed by atoms with Crippen LogP contribution in [-0.4, -0.2) is 31.2 Å². The fourth-order valence-electron chi connectivity index (χ4n) is 1.23. The van der Waals surface area contributed by atoms with Gasteiger partial charge in [-0.1, -0.05) is 0 Å². The van der Waals surface area contributed by atoms with Crippen molar-refractivity contribution in [2.24, 2.45) is 5.73 Å². The average molecular weight is 158 g/mol. The molecule has 0 spiro atoms. The minimum Gasteiger partial charge on any atom is -0.377 e. The minimum atomic E-state index is -0.316. The maximum Gasteiger partial charge on any atom is 0.231 e. The highest BCUT2D eigenvalue weighted by Gasteiger charge is 2.23. The van der Waals surface area contributed by atoms with Gasteiger partial charge in [0.15, 0.2) is 0 Å². The quantitative estimate of drug-likeness (QED) is 0.567. The summed E-state index contributed by atoms with van der Waals surface area (Å²) in [6, 6.07) is 0.294. The first-order valence-corrected chi connectivity index (χ1v) is 3.83. The Morgan fingerprint density at radius 3 is 3.00 bits per heavy atom. The van der Waals surface area contributed by atoms with Gasteiger partial charge >= 0.3 is 0 Å². The van der Waals surface area contributed by atoms with Crippen LogP contribution in [-0.2, 0) is 9.53 Å². The molecule has 0 aromatic carbocycles. The topological polar surface area (TPSA) is 64.3 Å². The van der Waals surface area contributed by atoms with Gasteiger partial charge in [0.1, 0.15) is 0 Å². The molecular weight excluding hydrogens is 144 g/mol. The lowest BCUT2D eigenvalue weighted by Gasteiger charge is -2.13. The van der Waals surface area contributed by atoms with Crippen LogP contribution in [0, 0.1) is 0 Å². The minimum absolute atomic E-state index is 0.203. The van der Waals surface area contributed by atoms with Gasteiger partial charge in [-0.15, -0.1) is 0 Å². The zero-order valence-electron chi connectivity index (χ0n) is 6.67. The van der Waals surface area contributed by atoms with E-state index in [0.29, 0.717) is 6.04 Å². The van der Waals surface area contributed by atoms with Crippen molar-refractivity contribution in [1.82, 2.24) is 5.32 Å². The summed E-state index contributed by atoms with van der Waals surface area (Å²) in [6.45, 7) is 3.02. The third-order valence-corrected chi connectivity index (χ3v) is 1.91. The van der Waals surface area contributed by atoms with Gasteiger partial charge in [-0.25, -0.2) is 0 Å². The summed E-state index contributed by atoms with van der Waals surface area (Å²) in [5.41, 5.74) is 4.97. The largest absolute Gasteiger partial charge is 0.377 e. The van der Waals surface area contributed by atoms with Crippen LogP contribution < -0.4 is 11.1 Å². The van der Waals surface area contributed by atoms with Gasteiger partial charge in [-0.3, -0.25) is 4.79 Å². The van der Waals surface area contributed by atoms with E-state index in [1.54, 1.807) is 0 Å². The lowest BCUT2D eigenvalue weighted by Crippen LogP contribution is -2.40. The fraction of sp³-hybridized carbons (Fsp3) is 0.857. The van der Waals surface area contributed by atoms with Crippen LogP contribution in [0.5, 0.6) is 0 Å². The average Bonchev–Trinajstić information content (AvgIpc) is 2.31. The molecule has 1 aliphatic heterocycles. The summed E-state index contributed by atoms with van der Waals surface area (Å²) in [5, 5.41) is 3.03. The van der Waals surface area contributed by atoms with Crippen LogP contribution in [0.1, 0.15) is 13.3 Å². The molecule has 1 fully saturated rings. The molecule has 2 unspecified atom stereocenters. The molecule has 0 aromatic rings. The van der Waals surface area contributed by atoms with Crippen LogP contribution in [0.25, 0.3) is 0 Å². The van der Waals surface area contributed by atoms with Crippen molar-refractivity contribution in [2.75, 3.05) is 13.2 Å². The molecule has 0 aromatic heterocycles. The van der Waals surface area contributed by atoms with Crippen LogP contribution in [0.4, 0.5) is 0 Å². The number of hydrogen-bond acceptors (Lipinski definition) is 3. The number of nitrogens with one attached hydrogen (secondary N) is 1. The third-order valence-electron chi connectivity index (χ3n) is 1.91. The lowest BCUT2D eigenvalue weighted by molar-refractivity contribution is -0.117. The summed E-state index contributed by atoms with van der Waals surface area (Å²) >= 11 is 0. The Morgan fingerprint density at radius 2 is 2.55 bits per heavy atom. The molecule has 11 heavy (non-hydrogen) atoms. The van der Waals surface area contributed by atoms with Crippen molar-refractivity contribution in [3.05, 3.63) is 0 Å². The molecule has 1 heterocycles. The fourth-order valence-corrected chi connectivity index (χ4v) is 1.23. The predicted octanol–water partition coefficient (Wildman–Crippen LogP) is -0.761. The molecule has 3 N–H and O–H groups in total. The van der Waals surface area contributed by atoms with Crippen molar-refractivity contribution in [3.8, 4) is 0 Å². The molecule has 2 atom stereocenters. The molecule has 0 saturated carbocycles. The molecular formula is C7H14N2O2. The highest BCUT2D eigenvalue weighted by atomic mass is 16.5. The van der Waals surface area contributed by atoms with E-state index in [2.05, 4.69) is 5.32 Å². The number of ether oxygens (including phenoxy) is 1. The summed E-state index contributed by atoms with van der Waals surface area (Å²) in [5.74, 6) is -0.316. The van der Waals surface area contributed by atoms with E-state index < -0.39 is 0 Å². The Kier molecular flexibility index (Phi) is 2.84. The Morgan fingerprint density at radius 1 is 1.82 bits per heavy atom. The highest BCUT2D eigenvalue weighted by molar-refractivity contribution is 5.75. The molecule has 0 radical (unpaired) electrons. The summed E-state index contributed by atoms with van der Waals surface area (Å²) in [4.78, 5) is 10.4. The summed E-state index contributed by atoms with van der Waals surface area (Å²) in [6.07, 6.45) is 1.17. The van der Waals surface area contributed by atoms with Crippen LogP contribution in [0.15, 0.2) is 0 Å². The molecule has 0 aliphatic carbocycles. The number of hydrogen-bond donors (Lipinski definition) is 2. The second kappa shape index (κ2) is 3.69. The molecule has 4 nitrogen and oxygen atoms in total. The van der Waals surface area contributed by atoms with Crippen molar-refractivity contribution in [1.29, 1.82) is 0 Å². The standard InChI is InChI=1S/C7H14N2O2/c1-5-6(2-3-11-5)9-4-7(8)10/h5-6,9H,2-4H2,1H3,(H2,8,10). The number of primary amides is 1. The van der Waals surface area contributed by atoms with E-state index in [1.807, 2.05) is 6.92 Å². The van der Waals surface area contributed by atoms with E-state index in [0.717, 1.165) is 13.0 Å². The lowest BCUT2D eigenvalue weighted by atomic mass is 10.1. The van der Waals surface area contributed by atoms with Gasteiger partial charge in [-0.05, 0) is 13.3 Å². The van der Waals surface area contributed by atoms with Crippen molar-refractivity contribution >= 4 is 5.91 Å². The number of rotatable bonds is 3. The number of nitrogens with two attached hydrogens (primary N) is 1. The predicted molar refractivity (Wildman–Crippen MR) is 41.0 cm³/mol. The number of amides is 1. The molecule has 1 aliphatic rings. The molecule has 1 amide bonds. The third kappa shape index (κ3) is 2.48. The van der Waals surface area contributed by atoms with E-state index in [1.165, 1.54) is 0 Å². The maximum absolute atomic E-state index is 10.4. The normalized spacial score (nSPS) is 30.6. The van der Waals surface area contributed by atoms with E-state index in [4.69, 9.17) is 10.5 Å². The van der Waals surface area contributed by atoms with Crippen LogP contribution in [0.2, 0.25) is 0 Å². The highest BCUT2D eigenvalue weighted by Crippen LogP contribution is 2.11. The number of carbonyl (C=O) groups excluding carboxylic acids is 1. The Hall–Kier alpha value is -0.610. The zero-order valence-corrected chi connectivity index (χ0v) is 6.67. The van der Waals surface area contributed by atoms with Crippen molar-refractivity contribution in [2.45, 2.75) is 25.5 Å². The van der Waals surface area contributed by atoms with E-state index in [-0.39, 0.29) is 18.6 Å². The summed E-state index contributed by atoms with van der Waals surface area (Å²) < 4.78 is 5.28. The Labute approximate surface area is 66.1 Å². The van der Waals surface area contributed by atoms with E-state index >= 15 is 0 Å². The van der Waals surface area contributed by atoms with Gasteiger partial charge in [0, 0.05) is 12.6 Å². The van der Waals surface area contributed by atoms with E-state index in [9.17, 15) is 4.79 Å². The Bertz CT molecular complexity index is 149. The smallest absolute Gasteiger partial charge is 0.231 e. The first kappa shape index (κ1) is 8.49. The monoisotopic (exact) mass is 158 g/mol. The molecule has 1 saturated heterocycles. The Balaban J connectivity index is 2.20. The second-order valence-electron chi connectivity index (χ2n) is 2.82. The number of carbonyl (C=O) groups is 1. The van der Waals surface area contributed by atoms with Gasteiger partial charge in [-0.2, -0.15) is 0 Å². The molecule has 1 rings (SSSR count). The van der Waals surface area contributed by atoms with Gasteiger partial charge in [0.05, 0.1) is 12.6 Å². The van der Waals surface area contributed by atoms with Gasteiger partial charge < -0.3 is 15.8 Å². The zero-order chi connectivity index (χ0) is 8.27. The SMILES string of the molecule is CC1OCCC1NCC(N)=O.